The number of nitrogens with zero attached hydrogens (tertiary/aromatic N) is 4. The molecule has 0 spiro atoms. The van der Waals surface area contributed by atoms with E-state index in [0.717, 1.165) is 24.7 Å². The highest BCUT2D eigenvalue weighted by atomic mass is 16.4. The number of fused-ring (bicyclic) bond motifs is 1. The second-order valence-electron chi connectivity index (χ2n) is 5.01. The Morgan fingerprint density at radius 1 is 1.39 bits per heavy atom. The summed E-state index contributed by atoms with van der Waals surface area (Å²) in [4.78, 5) is 13.1. The van der Waals surface area contributed by atoms with Crippen LogP contribution in [0.3, 0.4) is 0 Å². The smallest absolute Gasteiger partial charge is 0.320 e. The van der Waals surface area contributed by atoms with E-state index in [1.165, 1.54) is 0 Å². The molecule has 0 bridgehead atoms. The molecule has 6 nitrogen and oxygen atoms in total. The zero-order chi connectivity index (χ0) is 13.3. The van der Waals surface area contributed by atoms with Gasteiger partial charge in [-0.15, -0.1) is 10.2 Å². The van der Waals surface area contributed by atoms with Crippen LogP contribution in [0.2, 0.25) is 0 Å². The number of hydrogen-bond acceptors (Lipinski definition) is 4. The van der Waals surface area contributed by atoms with Crippen molar-refractivity contribution in [2.75, 3.05) is 6.54 Å². The minimum absolute atomic E-state index is 0.347. The van der Waals surface area contributed by atoms with Gasteiger partial charge in [0.05, 0.1) is 6.54 Å². The fraction of sp³-hybridized carbons (Fsp3) is 0.750. The average molecular weight is 252 g/mol. The Hall–Kier alpha value is -1.43. The van der Waals surface area contributed by atoms with E-state index in [2.05, 4.69) is 28.6 Å². The number of hydrogen-bond donors (Lipinski definition) is 1. The first-order valence-electron chi connectivity index (χ1n) is 6.43. The molecule has 0 radical (unpaired) electrons. The minimum atomic E-state index is -0.755. The van der Waals surface area contributed by atoms with Gasteiger partial charge in [0.15, 0.2) is 0 Å². The maximum Gasteiger partial charge on any atom is 0.320 e. The van der Waals surface area contributed by atoms with Crippen molar-refractivity contribution in [1.82, 2.24) is 19.7 Å². The molecule has 1 unspecified atom stereocenters. The summed E-state index contributed by atoms with van der Waals surface area (Å²) in [6, 6.07) is -0.419. The molecule has 100 valence electrons. The van der Waals surface area contributed by atoms with Crippen LogP contribution in [-0.4, -0.2) is 43.3 Å². The molecule has 0 saturated heterocycles. The summed E-state index contributed by atoms with van der Waals surface area (Å²) in [5, 5.41) is 17.6. The third-order valence-corrected chi connectivity index (χ3v) is 3.44. The summed E-state index contributed by atoms with van der Waals surface area (Å²) >= 11 is 0. The highest BCUT2D eigenvalue weighted by molar-refractivity contribution is 5.73. The molecule has 0 saturated carbocycles. The fourth-order valence-electron chi connectivity index (χ4n) is 2.48. The van der Waals surface area contributed by atoms with Crippen LogP contribution in [0.15, 0.2) is 0 Å². The largest absolute Gasteiger partial charge is 0.480 e. The fourth-order valence-corrected chi connectivity index (χ4v) is 2.48. The predicted molar refractivity (Wildman–Crippen MR) is 66.2 cm³/mol. The molecular weight excluding hydrogens is 232 g/mol. The average Bonchev–Trinajstić information content (AvgIpc) is 2.72. The summed E-state index contributed by atoms with van der Waals surface area (Å²) in [6.45, 7) is 8.18. The van der Waals surface area contributed by atoms with E-state index in [9.17, 15) is 9.90 Å². The molecule has 1 N–H and O–H groups in total. The van der Waals surface area contributed by atoms with Crippen LogP contribution >= 0.6 is 0 Å². The van der Waals surface area contributed by atoms with E-state index in [-0.39, 0.29) is 0 Å². The lowest BCUT2D eigenvalue weighted by Gasteiger charge is -2.32. The van der Waals surface area contributed by atoms with Crippen molar-refractivity contribution >= 4 is 5.97 Å². The van der Waals surface area contributed by atoms with E-state index >= 15 is 0 Å². The van der Waals surface area contributed by atoms with Crippen LogP contribution < -0.4 is 0 Å². The maximum atomic E-state index is 11.2. The van der Waals surface area contributed by atoms with Crippen molar-refractivity contribution < 1.29 is 9.90 Å². The van der Waals surface area contributed by atoms with Gasteiger partial charge in [0.2, 0.25) is 0 Å². The van der Waals surface area contributed by atoms with Gasteiger partial charge in [-0.3, -0.25) is 9.69 Å². The first-order chi connectivity index (χ1) is 8.54. The van der Waals surface area contributed by atoms with Crippen molar-refractivity contribution in [2.45, 2.75) is 52.2 Å². The van der Waals surface area contributed by atoms with Gasteiger partial charge in [0.1, 0.15) is 17.7 Å². The van der Waals surface area contributed by atoms with Crippen LogP contribution in [-0.2, 0) is 17.9 Å². The molecule has 1 aliphatic rings. The molecule has 0 aliphatic carbocycles. The van der Waals surface area contributed by atoms with Crippen LogP contribution in [0.4, 0.5) is 0 Å². The third-order valence-electron chi connectivity index (χ3n) is 3.44. The molecule has 6 heteroatoms. The van der Waals surface area contributed by atoms with Crippen LogP contribution in [0.25, 0.3) is 0 Å². The monoisotopic (exact) mass is 252 g/mol. The van der Waals surface area contributed by atoms with Gasteiger partial charge >= 0.3 is 5.97 Å². The number of rotatable bonds is 4. The van der Waals surface area contributed by atoms with Gasteiger partial charge in [0.25, 0.3) is 0 Å². The normalized spacial score (nSPS) is 17.8. The van der Waals surface area contributed by atoms with Crippen LogP contribution in [0.1, 0.15) is 44.8 Å². The zero-order valence-electron chi connectivity index (χ0n) is 11.1. The maximum absolute atomic E-state index is 11.2. The van der Waals surface area contributed by atoms with Gasteiger partial charge in [0, 0.05) is 19.0 Å². The Kier molecular flexibility index (Phi) is 3.65. The van der Waals surface area contributed by atoms with E-state index < -0.39 is 12.0 Å². The highest BCUT2D eigenvalue weighted by Gasteiger charge is 2.29. The Morgan fingerprint density at radius 2 is 2.11 bits per heavy atom. The Bertz CT molecular complexity index is 441. The summed E-state index contributed by atoms with van der Waals surface area (Å²) in [7, 11) is 0. The molecule has 0 amide bonds. The number of aliphatic carboxylic acids is 1. The van der Waals surface area contributed by atoms with E-state index in [4.69, 9.17) is 0 Å². The second-order valence-corrected chi connectivity index (χ2v) is 5.01. The lowest BCUT2D eigenvalue weighted by molar-refractivity contribution is -0.144. The lowest BCUT2D eigenvalue weighted by Crippen LogP contribution is -2.45. The van der Waals surface area contributed by atoms with E-state index in [1.807, 2.05) is 11.8 Å². The topological polar surface area (TPSA) is 71.2 Å². The van der Waals surface area contributed by atoms with Gasteiger partial charge < -0.3 is 9.67 Å². The molecular formula is C12H20N4O2. The predicted octanol–water partition coefficient (Wildman–Crippen LogP) is 1.08. The van der Waals surface area contributed by atoms with Crippen LogP contribution in [0.5, 0.6) is 0 Å². The van der Waals surface area contributed by atoms with Crippen molar-refractivity contribution in [2.24, 2.45) is 0 Å². The molecule has 1 aromatic rings. The first-order valence-corrected chi connectivity index (χ1v) is 6.43. The summed E-state index contributed by atoms with van der Waals surface area (Å²) in [5.74, 6) is 1.46. The lowest BCUT2D eigenvalue weighted by atomic mass is 10.1. The van der Waals surface area contributed by atoms with Gasteiger partial charge in [-0.1, -0.05) is 20.8 Å². The molecule has 1 aliphatic heterocycles. The SMILES string of the molecule is CCC(C(=O)O)N1CCn2c(nnc2C(C)C)C1. The summed E-state index contributed by atoms with van der Waals surface area (Å²) in [5.41, 5.74) is 0. The molecule has 0 aromatic carbocycles. The third kappa shape index (κ3) is 2.25. The Labute approximate surface area is 107 Å². The van der Waals surface area contributed by atoms with Crippen molar-refractivity contribution in [3.8, 4) is 0 Å². The quantitative estimate of drug-likeness (QED) is 0.868. The van der Waals surface area contributed by atoms with Crippen LogP contribution in [0, 0.1) is 0 Å². The van der Waals surface area contributed by atoms with E-state index in [1.54, 1.807) is 0 Å². The van der Waals surface area contributed by atoms with Crippen molar-refractivity contribution in [3.63, 3.8) is 0 Å². The number of aromatic nitrogens is 3. The van der Waals surface area contributed by atoms with Gasteiger partial charge in [-0.25, -0.2) is 0 Å². The molecule has 1 aromatic heterocycles. The number of carbonyl (C=O) groups is 1. The second kappa shape index (κ2) is 5.06. The summed E-state index contributed by atoms with van der Waals surface area (Å²) < 4.78 is 2.12. The summed E-state index contributed by atoms with van der Waals surface area (Å²) in [6.07, 6.45) is 0.612. The Balaban J connectivity index is 2.18. The van der Waals surface area contributed by atoms with Gasteiger partial charge in [-0.2, -0.15) is 0 Å². The minimum Gasteiger partial charge on any atom is -0.480 e. The molecule has 2 heterocycles. The van der Waals surface area contributed by atoms with Gasteiger partial charge in [-0.05, 0) is 6.42 Å². The molecule has 2 rings (SSSR count). The number of carboxylic acid groups (broad SMARTS) is 1. The first kappa shape index (κ1) is 13.0. The van der Waals surface area contributed by atoms with Crippen molar-refractivity contribution in [1.29, 1.82) is 0 Å². The standard InChI is InChI=1S/C12H20N4O2/c1-4-9(12(17)18)15-5-6-16-10(7-15)13-14-11(16)8(2)3/h8-9H,4-7H2,1-3H3,(H,17,18). The molecule has 0 fully saturated rings. The molecule has 1 atom stereocenters. The zero-order valence-corrected chi connectivity index (χ0v) is 11.1. The van der Waals surface area contributed by atoms with E-state index in [0.29, 0.717) is 18.9 Å². The number of carboxylic acids is 1. The highest BCUT2D eigenvalue weighted by Crippen LogP contribution is 2.20. The van der Waals surface area contributed by atoms with Crippen molar-refractivity contribution in [3.05, 3.63) is 11.6 Å². The molecule has 18 heavy (non-hydrogen) atoms. The Morgan fingerprint density at radius 3 is 2.67 bits per heavy atom.